The smallest absolute Gasteiger partial charge is 0.315 e. The van der Waals surface area contributed by atoms with Crippen LogP contribution in [0.15, 0.2) is 42.5 Å². The topological polar surface area (TPSA) is 90.0 Å². The Morgan fingerprint density at radius 2 is 1.92 bits per heavy atom. The quantitative estimate of drug-likeness (QED) is 0.576. The number of nitrogens with zero attached hydrogens (tertiary/aromatic N) is 1. The summed E-state index contributed by atoms with van der Waals surface area (Å²) in [6.07, 6.45) is -0.757. The van der Waals surface area contributed by atoms with Gasteiger partial charge < -0.3 is 15.7 Å². The van der Waals surface area contributed by atoms with Gasteiger partial charge in [0.2, 0.25) is 0 Å². The largest absolute Gasteiger partial charge is 0.387 e. The van der Waals surface area contributed by atoms with Crippen LogP contribution >= 0.6 is 0 Å². The third-order valence-electron chi connectivity index (χ3n) is 4.32. The first-order valence-electron chi connectivity index (χ1n) is 8.23. The summed E-state index contributed by atoms with van der Waals surface area (Å²) in [4.78, 5) is 11.9. The van der Waals surface area contributed by atoms with E-state index in [2.05, 4.69) is 20.8 Å². The number of benzene rings is 2. The van der Waals surface area contributed by atoms with Crippen LogP contribution in [0.1, 0.15) is 28.6 Å². The molecule has 0 fully saturated rings. The summed E-state index contributed by atoms with van der Waals surface area (Å²) in [7, 11) is 0. The predicted molar refractivity (Wildman–Crippen MR) is 97.2 cm³/mol. The first-order chi connectivity index (χ1) is 12.0. The number of aryl methyl sites for hydroxylation is 2. The molecule has 3 aromatic rings. The molecule has 0 aliphatic carbocycles. The van der Waals surface area contributed by atoms with Gasteiger partial charge in [0, 0.05) is 24.3 Å². The fourth-order valence-corrected chi connectivity index (χ4v) is 2.79. The highest BCUT2D eigenvalue weighted by Gasteiger charge is 2.11. The molecule has 2 aromatic carbocycles. The van der Waals surface area contributed by atoms with Gasteiger partial charge in [-0.15, -0.1) is 0 Å². The Hall–Kier alpha value is -2.86. The van der Waals surface area contributed by atoms with Gasteiger partial charge in [0.05, 0.1) is 11.8 Å². The number of carbonyl (C=O) groups excluding carboxylic acids is 1. The molecular weight excluding hydrogens is 316 g/mol. The van der Waals surface area contributed by atoms with Crippen LogP contribution in [-0.2, 0) is 6.54 Å². The highest BCUT2D eigenvalue weighted by Crippen LogP contribution is 2.20. The molecule has 6 heteroatoms. The Bertz CT molecular complexity index is 869. The molecule has 0 bridgehead atoms. The van der Waals surface area contributed by atoms with E-state index in [4.69, 9.17) is 0 Å². The van der Waals surface area contributed by atoms with Gasteiger partial charge in [0.1, 0.15) is 0 Å². The highest BCUT2D eigenvalue weighted by atomic mass is 16.3. The molecule has 1 atom stereocenters. The number of urea groups is 1. The second kappa shape index (κ2) is 7.36. The summed E-state index contributed by atoms with van der Waals surface area (Å²) < 4.78 is 0. The van der Waals surface area contributed by atoms with Crippen molar-refractivity contribution in [3.05, 3.63) is 65.0 Å². The Morgan fingerprint density at radius 1 is 1.16 bits per heavy atom. The lowest BCUT2D eigenvalue weighted by atomic mass is 10.0. The molecule has 0 spiro atoms. The summed E-state index contributed by atoms with van der Waals surface area (Å²) in [6.45, 7) is 4.35. The third kappa shape index (κ3) is 3.97. The first-order valence-corrected chi connectivity index (χ1v) is 8.23. The first kappa shape index (κ1) is 17.0. The molecule has 2 amide bonds. The van der Waals surface area contributed by atoms with E-state index in [1.807, 2.05) is 56.3 Å². The molecule has 1 heterocycles. The molecule has 3 rings (SSSR count). The lowest BCUT2D eigenvalue weighted by Crippen LogP contribution is -2.37. The standard InChI is InChI=1S/C19H22N4O2/c1-12-17(13(2)23-22-12)10-20-19(25)21-11-18(24)16-8-7-14-5-3-4-6-15(14)9-16/h3-9,18,24H,10-11H2,1-2H3,(H,22,23)(H2,20,21,25). The molecule has 1 unspecified atom stereocenters. The van der Waals surface area contributed by atoms with Crippen molar-refractivity contribution < 1.29 is 9.90 Å². The monoisotopic (exact) mass is 338 g/mol. The molecule has 0 aliphatic rings. The molecule has 0 saturated heterocycles. The molecule has 6 nitrogen and oxygen atoms in total. The molecule has 0 saturated carbocycles. The number of aliphatic hydroxyl groups is 1. The van der Waals surface area contributed by atoms with E-state index in [1.165, 1.54) is 0 Å². The summed E-state index contributed by atoms with van der Waals surface area (Å²) in [5, 5.41) is 25.0. The number of nitrogens with one attached hydrogen (secondary N) is 3. The second-order valence-electron chi connectivity index (χ2n) is 6.10. The maximum absolute atomic E-state index is 11.9. The van der Waals surface area contributed by atoms with E-state index < -0.39 is 6.10 Å². The van der Waals surface area contributed by atoms with Crippen molar-refractivity contribution in [2.75, 3.05) is 6.54 Å². The highest BCUT2D eigenvalue weighted by molar-refractivity contribution is 5.83. The molecule has 130 valence electrons. The Morgan fingerprint density at radius 3 is 2.64 bits per heavy atom. The number of fused-ring (bicyclic) bond motifs is 1. The van der Waals surface area contributed by atoms with E-state index in [0.29, 0.717) is 6.54 Å². The lowest BCUT2D eigenvalue weighted by molar-refractivity contribution is 0.173. The van der Waals surface area contributed by atoms with Crippen molar-refractivity contribution in [1.82, 2.24) is 20.8 Å². The van der Waals surface area contributed by atoms with Gasteiger partial charge in [0.25, 0.3) is 0 Å². The average molecular weight is 338 g/mol. The van der Waals surface area contributed by atoms with Crippen LogP contribution in [0, 0.1) is 13.8 Å². The zero-order chi connectivity index (χ0) is 17.8. The average Bonchev–Trinajstić information content (AvgIpc) is 2.95. The van der Waals surface area contributed by atoms with Crippen LogP contribution in [0.2, 0.25) is 0 Å². The van der Waals surface area contributed by atoms with Gasteiger partial charge in [-0.05, 0) is 36.2 Å². The summed E-state index contributed by atoms with van der Waals surface area (Å²) in [5.41, 5.74) is 3.56. The van der Waals surface area contributed by atoms with Crippen LogP contribution in [-0.4, -0.2) is 27.9 Å². The van der Waals surface area contributed by atoms with Crippen molar-refractivity contribution in [3.63, 3.8) is 0 Å². The Kier molecular flexibility index (Phi) is 5.00. The summed E-state index contributed by atoms with van der Waals surface area (Å²) in [5.74, 6) is 0. The van der Waals surface area contributed by atoms with Crippen molar-refractivity contribution in [3.8, 4) is 0 Å². The molecule has 0 aliphatic heterocycles. The van der Waals surface area contributed by atoms with Crippen molar-refractivity contribution in [1.29, 1.82) is 0 Å². The molecular formula is C19H22N4O2. The van der Waals surface area contributed by atoms with Gasteiger partial charge in [-0.1, -0.05) is 36.4 Å². The van der Waals surface area contributed by atoms with Crippen LogP contribution in [0.5, 0.6) is 0 Å². The van der Waals surface area contributed by atoms with Crippen LogP contribution in [0.4, 0.5) is 4.79 Å². The van der Waals surface area contributed by atoms with Crippen molar-refractivity contribution in [2.45, 2.75) is 26.5 Å². The number of aromatic amines is 1. The van der Waals surface area contributed by atoms with Gasteiger partial charge in [-0.2, -0.15) is 5.10 Å². The van der Waals surface area contributed by atoms with Crippen molar-refractivity contribution >= 4 is 16.8 Å². The van der Waals surface area contributed by atoms with E-state index in [9.17, 15) is 9.90 Å². The van der Waals surface area contributed by atoms with Crippen molar-refractivity contribution in [2.24, 2.45) is 0 Å². The molecule has 4 N–H and O–H groups in total. The summed E-state index contributed by atoms with van der Waals surface area (Å²) in [6, 6.07) is 13.4. The fraction of sp³-hybridized carbons (Fsp3) is 0.263. The molecule has 0 radical (unpaired) electrons. The van der Waals surface area contributed by atoms with Gasteiger partial charge in [0.15, 0.2) is 0 Å². The van der Waals surface area contributed by atoms with E-state index in [-0.39, 0.29) is 12.6 Å². The maximum atomic E-state index is 11.9. The number of amides is 2. The zero-order valence-electron chi connectivity index (χ0n) is 14.3. The number of rotatable bonds is 5. The fourth-order valence-electron chi connectivity index (χ4n) is 2.79. The van der Waals surface area contributed by atoms with Gasteiger partial charge >= 0.3 is 6.03 Å². The number of carbonyl (C=O) groups is 1. The lowest BCUT2D eigenvalue weighted by Gasteiger charge is -2.14. The second-order valence-corrected chi connectivity index (χ2v) is 6.10. The number of aliphatic hydroxyl groups excluding tert-OH is 1. The van der Waals surface area contributed by atoms with Crippen LogP contribution < -0.4 is 10.6 Å². The van der Waals surface area contributed by atoms with E-state index in [1.54, 1.807) is 0 Å². The summed E-state index contributed by atoms with van der Waals surface area (Å²) >= 11 is 0. The molecule has 1 aromatic heterocycles. The van der Waals surface area contributed by atoms with Gasteiger partial charge in [-0.3, -0.25) is 5.10 Å². The van der Waals surface area contributed by atoms with E-state index >= 15 is 0 Å². The minimum absolute atomic E-state index is 0.146. The van der Waals surface area contributed by atoms with Crippen LogP contribution in [0.25, 0.3) is 10.8 Å². The Labute approximate surface area is 146 Å². The minimum Gasteiger partial charge on any atom is -0.387 e. The number of hydrogen-bond donors (Lipinski definition) is 4. The Balaban J connectivity index is 1.54. The van der Waals surface area contributed by atoms with Gasteiger partial charge in [-0.25, -0.2) is 4.79 Å². The zero-order valence-corrected chi connectivity index (χ0v) is 14.3. The number of H-pyrrole nitrogens is 1. The third-order valence-corrected chi connectivity index (χ3v) is 4.32. The predicted octanol–water partition coefficient (Wildman–Crippen LogP) is 2.71. The normalized spacial score (nSPS) is 12.1. The SMILES string of the molecule is Cc1n[nH]c(C)c1CNC(=O)NCC(O)c1ccc2ccccc2c1. The number of aromatic nitrogens is 2. The maximum Gasteiger partial charge on any atom is 0.315 e. The van der Waals surface area contributed by atoms with Crippen LogP contribution in [0.3, 0.4) is 0 Å². The molecule has 25 heavy (non-hydrogen) atoms. The van der Waals surface area contributed by atoms with E-state index in [0.717, 1.165) is 33.3 Å². The minimum atomic E-state index is -0.757. The number of hydrogen-bond acceptors (Lipinski definition) is 3.